The number of amides is 1. The molecule has 1 aromatic heterocycles. The predicted molar refractivity (Wildman–Crippen MR) is 139 cm³/mol. The van der Waals surface area contributed by atoms with E-state index in [0.29, 0.717) is 28.6 Å². The van der Waals surface area contributed by atoms with Crippen LogP contribution in [-0.4, -0.2) is 28.6 Å². The van der Waals surface area contributed by atoms with Crippen LogP contribution in [0.1, 0.15) is 12.8 Å². The van der Waals surface area contributed by atoms with Gasteiger partial charge in [0.2, 0.25) is 0 Å². The minimum Gasteiger partial charge on any atom is -0.455 e. The number of hydrogen-bond acceptors (Lipinski definition) is 6. The summed E-state index contributed by atoms with van der Waals surface area (Å²) in [6.07, 6.45) is 0.892. The second-order valence-electron chi connectivity index (χ2n) is 8.34. The fourth-order valence-electron chi connectivity index (χ4n) is 4.18. The van der Waals surface area contributed by atoms with Crippen molar-refractivity contribution in [1.82, 2.24) is 4.98 Å². The van der Waals surface area contributed by atoms with Crippen LogP contribution in [0.5, 0.6) is 0 Å². The molecule has 0 saturated heterocycles. The van der Waals surface area contributed by atoms with Gasteiger partial charge in [-0.15, -0.1) is 11.3 Å². The fraction of sp³-hybridized carbons (Fsp3) is 0.148. The number of nitrogens with zero attached hydrogens (tertiary/aromatic N) is 1. The first kappa shape index (κ1) is 23.2. The van der Waals surface area contributed by atoms with E-state index in [1.807, 2.05) is 72.1 Å². The third-order valence-electron chi connectivity index (χ3n) is 6.10. The summed E-state index contributed by atoms with van der Waals surface area (Å²) < 4.78 is 20.0. The Morgan fingerprint density at radius 3 is 1.97 bits per heavy atom. The van der Waals surface area contributed by atoms with Gasteiger partial charge in [0.15, 0.2) is 18.9 Å². The van der Waals surface area contributed by atoms with Crippen LogP contribution in [0.25, 0.3) is 11.3 Å². The summed E-state index contributed by atoms with van der Waals surface area (Å²) in [6.45, 7) is -0.468. The Morgan fingerprint density at radius 1 is 0.886 bits per heavy atom. The number of anilines is 1. The maximum absolute atomic E-state index is 14.6. The van der Waals surface area contributed by atoms with Gasteiger partial charge in [-0.25, -0.2) is 4.98 Å². The van der Waals surface area contributed by atoms with E-state index in [9.17, 15) is 14.2 Å². The summed E-state index contributed by atoms with van der Waals surface area (Å²) in [5.74, 6) is -1.09. The molecule has 1 fully saturated rings. The third-order valence-corrected chi connectivity index (χ3v) is 10.7. The Morgan fingerprint density at radius 2 is 1.43 bits per heavy atom. The molecule has 176 valence electrons. The molecule has 8 heteroatoms. The lowest BCUT2D eigenvalue weighted by Gasteiger charge is -2.27. The van der Waals surface area contributed by atoms with Crippen LogP contribution >= 0.6 is 18.5 Å². The van der Waals surface area contributed by atoms with Gasteiger partial charge in [-0.05, 0) is 12.8 Å². The van der Waals surface area contributed by atoms with Crippen molar-refractivity contribution < 1.29 is 18.9 Å². The molecule has 0 bridgehead atoms. The van der Waals surface area contributed by atoms with E-state index in [1.54, 1.807) is 24.3 Å². The van der Waals surface area contributed by atoms with Gasteiger partial charge in [0, 0.05) is 21.6 Å². The first-order chi connectivity index (χ1) is 17.0. The lowest BCUT2D eigenvalue weighted by molar-refractivity contribution is -0.147. The first-order valence-electron chi connectivity index (χ1n) is 11.2. The zero-order valence-corrected chi connectivity index (χ0v) is 20.5. The lowest BCUT2D eigenvalue weighted by atomic mass is 10.2. The molecule has 1 aliphatic rings. The molecule has 1 saturated carbocycles. The number of esters is 1. The van der Waals surface area contributed by atoms with Gasteiger partial charge in [0.05, 0.1) is 5.69 Å². The number of carbonyl (C=O) groups is 2. The zero-order valence-electron chi connectivity index (χ0n) is 18.8. The maximum Gasteiger partial charge on any atom is 0.320 e. The standard InChI is InChI=1S/C27H23N2O4PS/c30-24(29-26-28-23(19-35-26)20-10-4-1-5-11-20)18-33-25(31)27(16-17-27)34(32,21-12-6-2-7-13-21)22-14-8-3-9-15-22/h1-15,19H,16-18H2,(H,28,29,30). The Kier molecular flexibility index (Phi) is 6.37. The molecule has 1 amide bonds. The van der Waals surface area contributed by atoms with Gasteiger partial charge in [0.25, 0.3) is 5.91 Å². The molecule has 0 aliphatic heterocycles. The van der Waals surface area contributed by atoms with Crippen LogP contribution < -0.4 is 15.9 Å². The van der Waals surface area contributed by atoms with Gasteiger partial charge >= 0.3 is 5.97 Å². The number of carbonyl (C=O) groups excluding carboxylic acids is 2. The normalized spacial score (nSPS) is 14.2. The van der Waals surface area contributed by atoms with Crippen molar-refractivity contribution in [2.45, 2.75) is 18.0 Å². The SMILES string of the molecule is O=C(COC(=O)C1(P(=O)(c2ccccc2)c2ccccc2)CC1)Nc1nc(-c2ccccc2)cs1. The highest BCUT2D eigenvalue weighted by Crippen LogP contribution is 2.68. The first-order valence-corrected chi connectivity index (χ1v) is 13.8. The van der Waals surface area contributed by atoms with Gasteiger partial charge in [-0.3, -0.25) is 14.9 Å². The highest BCUT2D eigenvalue weighted by Gasteiger charge is 2.65. The van der Waals surface area contributed by atoms with Crippen LogP contribution in [-0.2, 0) is 18.9 Å². The summed E-state index contributed by atoms with van der Waals surface area (Å²) in [4.78, 5) is 30.2. The van der Waals surface area contributed by atoms with Crippen LogP contribution in [0.3, 0.4) is 0 Å². The van der Waals surface area contributed by atoms with Crippen molar-refractivity contribution in [2.75, 3.05) is 11.9 Å². The average Bonchev–Trinajstić information content (AvgIpc) is 3.61. The van der Waals surface area contributed by atoms with Crippen LogP contribution in [0.15, 0.2) is 96.4 Å². The minimum atomic E-state index is -3.35. The zero-order chi connectivity index (χ0) is 24.3. The van der Waals surface area contributed by atoms with E-state index in [4.69, 9.17) is 4.74 Å². The number of thiazole rings is 1. The molecule has 1 N–H and O–H groups in total. The van der Waals surface area contributed by atoms with E-state index in [-0.39, 0.29) is 0 Å². The fourth-order valence-corrected chi connectivity index (χ4v) is 8.45. The number of benzene rings is 3. The van der Waals surface area contributed by atoms with Crippen molar-refractivity contribution in [3.8, 4) is 11.3 Å². The van der Waals surface area contributed by atoms with Crippen LogP contribution in [0.2, 0.25) is 0 Å². The number of aromatic nitrogens is 1. The molecule has 0 spiro atoms. The van der Waals surface area contributed by atoms with E-state index in [1.165, 1.54) is 11.3 Å². The molecular formula is C27H23N2O4PS. The quantitative estimate of drug-likeness (QED) is 0.275. The van der Waals surface area contributed by atoms with E-state index in [0.717, 1.165) is 11.3 Å². The Balaban J connectivity index is 1.30. The largest absolute Gasteiger partial charge is 0.455 e. The van der Waals surface area contributed by atoms with Gasteiger partial charge in [-0.2, -0.15) is 0 Å². The number of hydrogen-bond donors (Lipinski definition) is 1. The molecule has 0 atom stereocenters. The second kappa shape index (κ2) is 9.61. The predicted octanol–water partition coefficient (Wildman–Crippen LogP) is 4.84. The van der Waals surface area contributed by atoms with Crippen molar-refractivity contribution in [2.24, 2.45) is 0 Å². The van der Waals surface area contributed by atoms with E-state index >= 15 is 0 Å². The molecule has 4 aromatic rings. The molecule has 1 heterocycles. The van der Waals surface area contributed by atoms with Crippen molar-refractivity contribution in [3.05, 3.63) is 96.4 Å². The molecule has 6 nitrogen and oxygen atoms in total. The number of nitrogens with one attached hydrogen (secondary N) is 1. The van der Waals surface area contributed by atoms with Gasteiger partial charge in [-0.1, -0.05) is 91.0 Å². The third kappa shape index (κ3) is 4.45. The van der Waals surface area contributed by atoms with E-state index < -0.39 is 30.8 Å². The summed E-state index contributed by atoms with van der Waals surface area (Å²) in [5.41, 5.74) is 1.70. The summed E-state index contributed by atoms with van der Waals surface area (Å²) >= 11 is 1.30. The maximum atomic E-state index is 14.6. The van der Waals surface area contributed by atoms with Crippen LogP contribution in [0, 0.1) is 0 Å². The minimum absolute atomic E-state index is 0.422. The lowest BCUT2D eigenvalue weighted by Crippen LogP contribution is -2.36. The Hall–Kier alpha value is -3.54. The number of ether oxygens (including phenoxy) is 1. The summed E-state index contributed by atoms with van der Waals surface area (Å²) in [7, 11) is -3.35. The summed E-state index contributed by atoms with van der Waals surface area (Å²) in [5, 5.41) is 5.03. The van der Waals surface area contributed by atoms with Crippen LogP contribution in [0.4, 0.5) is 5.13 Å². The molecule has 1 aliphatic carbocycles. The number of rotatable bonds is 8. The molecule has 5 rings (SSSR count). The van der Waals surface area contributed by atoms with Gasteiger partial charge < -0.3 is 9.30 Å². The van der Waals surface area contributed by atoms with Crippen molar-refractivity contribution >= 4 is 46.1 Å². The molecule has 0 radical (unpaired) electrons. The molecule has 35 heavy (non-hydrogen) atoms. The highest BCUT2D eigenvalue weighted by molar-refractivity contribution is 7.81. The topological polar surface area (TPSA) is 85.4 Å². The van der Waals surface area contributed by atoms with Gasteiger partial charge in [0.1, 0.15) is 5.16 Å². The average molecular weight is 503 g/mol. The van der Waals surface area contributed by atoms with Crippen molar-refractivity contribution in [3.63, 3.8) is 0 Å². The second-order valence-corrected chi connectivity index (χ2v) is 12.3. The molecular weight excluding hydrogens is 479 g/mol. The highest BCUT2D eigenvalue weighted by atomic mass is 32.1. The monoisotopic (exact) mass is 502 g/mol. The Bertz CT molecular complexity index is 1340. The Labute approximate surface area is 207 Å². The van der Waals surface area contributed by atoms with E-state index in [2.05, 4.69) is 10.3 Å². The molecule has 0 unspecified atom stereocenters. The molecule has 3 aromatic carbocycles. The smallest absolute Gasteiger partial charge is 0.320 e. The summed E-state index contributed by atoms with van der Waals surface area (Å²) in [6, 6.07) is 27.8. The van der Waals surface area contributed by atoms with Crippen molar-refractivity contribution in [1.29, 1.82) is 0 Å².